The summed E-state index contributed by atoms with van der Waals surface area (Å²) >= 11 is 10.6. The zero-order valence-corrected chi connectivity index (χ0v) is 13.5. The highest BCUT2D eigenvalue weighted by Gasteiger charge is 2.21. The molecular weight excluding hydrogens is 352 g/mol. The monoisotopic (exact) mass is 362 g/mol. The van der Waals surface area contributed by atoms with E-state index in [2.05, 4.69) is 15.9 Å². The number of ether oxygens (including phenoxy) is 2. The summed E-state index contributed by atoms with van der Waals surface area (Å²) in [7, 11) is 3.13. The van der Waals surface area contributed by atoms with Gasteiger partial charge in [0, 0.05) is 10.4 Å². The van der Waals surface area contributed by atoms with Gasteiger partial charge in [0.25, 0.3) is 0 Å². The van der Waals surface area contributed by atoms with Gasteiger partial charge in [0.2, 0.25) is 0 Å². The number of rotatable bonds is 4. The van der Waals surface area contributed by atoms with Crippen molar-refractivity contribution in [3.8, 4) is 11.5 Å². The third kappa shape index (κ3) is 2.89. The number of aliphatic hydroxyl groups excluding tert-OH is 1. The topological polar surface area (TPSA) is 38.7 Å². The summed E-state index contributed by atoms with van der Waals surface area (Å²) < 4.78 is 11.9. The van der Waals surface area contributed by atoms with E-state index in [-0.39, 0.29) is 0 Å². The lowest BCUT2D eigenvalue weighted by molar-refractivity contribution is 0.218. The molecule has 19 heavy (non-hydrogen) atoms. The zero-order chi connectivity index (χ0) is 14.0. The molecule has 0 spiro atoms. The Hall–Kier alpha value is -0.750. The van der Waals surface area contributed by atoms with E-state index in [0.29, 0.717) is 25.9 Å². The van der Waals surface area contributed by atoms with Gasteiger partial charge in [-0.15, -0.1) is 11.3 Å². The second-order valence-corrected chi connectivity index (χ2v) is 6.29. The van der Waals surface area contributed by atoms with E-state index in [1.54, 1.807) is 38.5 Å². The first kappa shape index (κ1) is 14.7. The summed E-state index contributed by atoms with van der Waals surface area (Å²) in [6.45, 7) is 0. The predicted molar refractivity (Wildman–Crippen MR) is 80.6 cm³/mol. The molecule has 2 rings (SSSR count). The van der Waals surface area contributed by atoms with Gasteiger partial charge in [-0.3, -0.25) is 0 Å². The Balaban J connectivity index is 2.47. The van der Waals surface area contributed by atoms with Crippen LogP contribution in [0, 0.1) is 0 Å². The first-order chi connectivity index (χ1) is 9.08. The molecule has 1 aromatic carbocycles. The van der Waals surface area contributed by atoms with Gasteiger partial charge in [0.1, 0.15) is 22.1 Å². The van der Waals surface area contributed by atoms with Crippen molar-refractivity contribution in [2.24, 2.45) is 0 Å². The molecule has 0 aliphatic carbocycles. The lowest BCUT2D eigenvalue weighted by atomic mass is 10.1. The Morgan fingerprint density at radius 1 is 1.21 bits per heavy atom. The van der Waals surface area contributed by atoms with Crippen molar-refractivity contribution in [3.63, 3.8) is 0 Å². The maximum absolute atomic E-state index is 10.4. The van der Waals surface area contributed by atoms with Gasteiger partial charge in [-0.2, -0.15) is 0 Å². The van der Waals surface area contributed by atoms with Crippen molar-refractivity contribution in [2.75, 3.05) is 14.2 Å². The average molecular weight is 364 g/mol. The molecule has 1 aromatic heterocycles. The lowest BCUT2D eigenvalue weighted by Crippen LogP contribution is -2.02. The highest BCUT2D eigenvalue weighted by atomic mass is 79.9. The van der Waals surface area contributed by atoms with E-state index in [4.69, 9.17) is 21.1 Å². The summed E-state index contributed by atoms with van der Waals surface area (Å²) in [4.78, 5) is 0.764. The van der Waals surface area contributed by atoms with Crippen LogP contribution in [0.3, 0.4) is 0 Å². The second kappa shape index (κ2) is 6.13. The molecule has 6 heteroatoms. The van der Waals surface area contributed by atoms with Crippen LogP contribution in [0.2, 0.25) is 4.34 Å². The summed E-state index contributed by atoms with van der Waals surface area (Å²) in [5.41, 5.74) is 0.661. The minimum atomic E-state index is -0.783. The van der Waals surface area contributed by atoms with Crippen LogP contribution in [-0.4, -0.2) is 19.3 Å². The smallest absolute Gasteiger partial charge is 0.142 e. The van der Waals surface area contributed by atoms with Crippen molar-refractivity contribution < 1.29 is 14.6 Å². The zero-order valence-electron chi connectivity index (χ0n) is 10.3. The molecule has 3 nitrogen and oxygen atoms in total. The Bertz CT molecular complexity index is 585. The van der Waals surface area contributed by atoms with Crippen molar-refractivity contribution in [1.29, 1.82) is 0 Å². The van der Waals surface area contributed by atoms with Crippen LogP contribution < -0.4 is 9.47 Å². The molecule has 0 saturated carbocycles. The number of halogens is 2. The number of benzene rings is 1. The fourth-order valence-electron chi connectivity index (χ4n) is 1.76. The van der Waals surface area contributed by atoms with Gasteiger partial charge >= 0.3 is 0 Å². The van der Waals surface area contributed by atoms with E-state index < -0.39 is 6.10 Å². The number of aliphatic hydroxyl groups is 1. The molecule has 0 fully saturated rings. The van der Waals surface area contributed by atoms with Crippen LogP contribution in [0.4, 0.5) is 0 Å². The Labute approximate surface area is 128 Å². The van der Waals surface area contributed by atoms with Crippen LogP contribution in [0.15, 0.2) is 28.7 Å². The first-order valence-corrected chi connectivity index (χ1v) is 7.41. The molecule has 2 aromatic rings. The van der Waals surface area contributed by atoms with E-state index in [1.165, 1.54) is 11.3 Å². The fraction of sp³-hybridized carbons (Fsp3) is 0.231. The van der Waals surface area contributed by atoms with Crippen LogP contribution >= 0.6 is 38.9 Å². The summed E-state index contributed by atoms with van der Waals surface area (Å²) in [6, 6.07) is 7.12. The molecule has 0 saturated heterocycles. The average Bonchev–Trinajstić information content (AvgIpc) is 2.84. The minimum Gasteiger partial charge on any atom is -0.495 e. The van der Waals surface area contributed by atoms with Gasteiger partial charge in [-0.05, 0) is 40.2 Å². The minimum absolute atomic E-state index is 0.552. The Morgan fingerprint density at radius 2 is 1.95 bits per heavy atom. The SMILES string of the molecule is COc1ccc(C(O)c2ccc(Cl)s2)c(OC)c1Br. The lowest BCUT2D eigenvalue weighted by Gasteiger charge is -2.16. The van der Waals surface area contributed by atoms with Gasteiger partial charge < -0.3 is 14.6 Å². The molecule has 0 bridgehead atoms. The van der Waals surface area contributed by atoms with E-state index >= 15 is 0 Å². The number of hydrogen-bond donors (Lipinski definition) is 1. The van der Waals surface area contributed by atoms with Crippen LogP contribution in [0.5, 0.6) is 11.5 Å². The summed E-state index contributed by atoms with van der Waals surface area (Å²) in [6.07, 6.45) is -0.783. The Morgan fingerprint density at radius 3 is 2.47 bits per heavy atom. The standard InChI is InChI=1S/C13H12BrClO3S/c1-17-8-4-3-7(13(18-2)11(8)14)12(16)9-5-6-10(15)19-9/h3-6,12,16H,1-2H3. The number of hydrogen-bond acceptors (Lipinski definition) is 4. The molecule has 102 valence electrons. The molecular formula is C13H12BrClO3S. The number of methoxy groups -OCH3 is 2. The van der Waals surface area contributed by atoms with Gasteiger partial charge in [-0.1, -0.05) is 11.6 Å². The van der Waals surface area contributed by atoms with Crippen molar-refractivity contribution in [1.82, 2.24) is 0 Å². The number of thiophene rings is 1. The van der Waals surface area contributed by atoms with E-state index in [1.807, 2.05) is 0 Å². The third-order valence-corrected chi connectivity index (χ3v) is 4.71. The van der Waals surface area contributed by atoms with Crippen molar-refractivity contribution in [3.05, 3.63) is 43.5 Å². The molecule has 1 unspecified atom stereocenters. The molecule has 0 radical (unpaired) electrons. The summed E-state index contributed by atoms with van der Waals surface area (Å²) in [5.74, 6) is 1.20. The second-order valence-electron chi connectivity index (χ2n) is 3.75. The maximum atomic E-state index is 10.4. The highest BCUT2D eigenvalue weighted by molar-refractivity contribution is 9.10. The molecule has 0 aliphatic heterocycles. The predicted octanol–water partition coefficient (Wildman–Crippen LogP) is 4.26. The molecule has 0 aliphatic rings. The highest BCUT2D eigenvalue weighted by Crippen LogP contribution is 2.42. The quantitative estimate of drug-likeness (QED) is 0.882. The van der Waals surface area contributed by atoms with Crippen molar-refractivity contribution in [2.45, 2.75) is 6.10 Å². The summed E-state index contributed by atoms with van der Waals surface area (Å²) in [5, 5.41) is 10.4. The van der Waals surface area contributed by atoms with Crippen LogP contribution in [-0.2, 0) is 0 Å². The molecule has 1 heterocycles. The van der Waals surface area contributed by atoms with Gasteiger partial charge in [-0.25, -0.2) is 0 Å². The van der Waals surface area contributed by atoms with E-state index in [9.17, 15) is 5.11 Å². The fourth-order valence-corrected chi connectivity index (χ4v) is 3.51. The normalized spacial score (nSPS) is 12.3. The van der Waals surface area contributed by atoms with Crippen molar-refractivity contribution >= 4 is 38.9 Å². The maximum Gasteiger partial charge on any atom is 0.142 e. The van der Waals surface area contributed by atoms with Gasteiger partial charge in [0.05, 0.1) is 18.6 Å². The Kier molecular flexibility index (Phi) is 4.73. The van der Waals surface area contributed by atoms with E-state index in [0.717, 1.165) is 4.88 Å². The van der Waals surface area contributed by atoms with Gasteiger partial charge in [0.15, 0.2) is 0 Å². The third-order valence-electron chi connectivity index (χ3n) is 2.67. The molecule has 1 N–H and O–H groups in total. The largest absolute Gasteiger partial charge is 0.495 e. The van der Waals surface area contributed by atoms with Crippen LogP contribution in [0.1, 0.15) is 16.5 Å². The molecule has 0 amide bonds. The van der Waals surface area contributed by atoms with Crippen LogP contribution in [0.25, 0.3) is 0 Å². The molecule has 1 atom stereocenters. The first-order valence-electron chi connectivity index (χ1n) is 5.42.